The lowest BCUT2D eigenvalue weighted by Gasteiger charge is -2.06. The lowest BCUT2D eigenvalue weighted by atomic mass is 10.1. The molecule has 0 atom stereocenters. The third-order valence-electron chi connectivity index (χ3n) is 3.15. The molecule has 2 rings (SSSR count). The number of rotatable bonds is 8. The molecular formula is C15H20N4O2S. The van der Waals surface area contributed by atoms with Gasteiger partial charge >= 0.3 is 0 Å². The Labute approximate surface area is 134 Å². The van der Waals surface area contributed by atoms with Crippen LogP contribution in [-0.2, 0) is 17.8 Å². The second kappa shape index (κ2) is 8.43. The second-order valence-electron chi connectivity index (χ2n) is 4.64. The minimum absolute atomic E-state index is 0.00386. The van der Waals surface area contributed by atoms with Crippen molar-refractivity contribution in [2.24, 2.45) is 0 Å². The molecule has 118 valence electrons. The SMILES string of the molecule is CCn1cnnc1SCC(=O)NCCc1ccc(OC)cc1. The van der Waals surface area contributed by atoms with E-state index in [4.69, 9.17) is 4.74 Å². The standard InChI is InChI=1S/C15H20N4O2S/c1-3-19-11-17-18-15(19)22-10-14(20)16-9-8-12-4-6-13(21-2)7-5-12/h4-7,11H,3,8-10H2,1-2H3,(H,16,20). The number of nitrogens with zero attached hydrogens (tertiary/aromatic N) is 3. The molecule has 2 aromatic rings. The van der Waals surface area contributed by atoms with Crippen LogP contribution in [0.3, 0.4) is 0 Å². The lowest BCUT2D eigenvalue weighted by molar-refractivity contribution is -0.118. The van der Waals surface area contributed by atoms with Crippen molar-refractivity contribution in [3.05, 3.63) is 36.2 Å². The third kappa shape index (κ3) is 4.77. The molecule has 1 amide bonds. The predicted molar refractivity (Wildman–Crippen MR) is 86.1 cm³/mol. The quantitative estimate of drug-likeness (QED) is 0.751. The number of nitrogens with one attached hydrogen (secondary N) is 1. The zero-order chi connectivity index (χ0) is 15.8. The largest absolute Gasteiger partial charge is 0.497 e. The first-order valence-electron chi connectivity index (χ1n) is 7.13. The van der Waals surface area contributed by atoms with Crippen molar-refractivity contribution in [2.75, 3.05) is 19.4 Å². The minimum atomic E-state index is 0.00386. The van der Waals surface area contributed by atoms with Gasteiger partial charge in [0.1, 0.15) is 12.1 Å². The van der Waals surface area contributed by atoms with Gasteiger partial charge in [-0.2, -0.15) is 0 Å². The summed E-state index contributed by atoms with van der Waals surface area (Å²) < 4.78 is 7.02. The van der Waals surface area contributed by atoms with Crippen LogP contribution in [0.2, 0.25) is 0 Å². The summed E-state index contributed by atoms with van der Waals surface area (Å²) in [6.07, 6.45) is 2.47. The Morgan fingerprint density at radius 2 is 2.14 bits per heavy atom. The predicted octanol–water partition coefficient (Wildman–Crippen LogP) is 1.76. The highest BCUT2D eigenvalue weighted by Crippen LogP contribution is 2.14. The van der Waals surface area contributed by atoms with Gasteiger partial charge in [-0.05, 0) is 31.0 Å². The van der Waals surface area contributed by atoms with E-state index < -0.39 is 0 Å². The highest BCUT2D eigenvalue weighted by atomic mass is 32.2. The number of ether oxygens (including phenoxy) is 1. The molecule has 0 aliphatic heterocycles. The Morgan fingerprint density at radius 1 is 1.36 bits per heavy atom. The van der Waals surface area contributed by atoms with Gasteiger partial charge in [0, 0.05) is 13.1 Å². The van der Waals surface area contributed by atoms with E-state index in [0.717, 1.165) is 23.9 Å². The number of hydrogen-bond acceptors (Lipinski definition) is 5. The van der Waals surface area contributed by atoms with E-state index in [-0.39, 0.29) is 5.91 Å². The van der Waals surface area contributed by atoms with E-state index in [1.807, 2.05) is 35.8 Å². The average Bonchev–Trinajstić information content (AvgIpc) is 3.01. The molecule has 1 heterocycles. The Balaban J connectivity index is 1.69. The molecule has 6 nitrogen and oxygen atoms in total. The summed E-state index contributed by atoms with van der Waals surface area (Å²) in [7, 11) is 1.65. The maximum absolute atomic E-state index is 11.8. The molecule has 0 unspecified atom stereocenters. The lowest BCUT2D eigenvalue weighted by Crippen LogP contribution is -2.27. The number of methoxy groups -OCH3 is 1. The van der Waals surface area contributed by atoms with E-state index in [1.165, 1.54) is 17.3 Å². The van der Waals surface area contributed by atoms with E-state index >= 15 is 0 Å². The highest BCUT2D eigenvalue weighted by Gasteiger charge is 2.07. The molecule has 0 aliphatic carbocycles. The molecule has 1 aromatic heterocycles. The van der Waals surface area contributed by atoms with Crippen molar-refractivity contribution in [3.8, 4) is 5.75 Å². The zero-order valence-corrected chi connectivity index (χ0v) is 13.6. The Bertz CT molecular complexity index is 598. The fraction of sp³-hybridized carbons (Fsp3) is 0.400. The zero-order valence-electron chi connectivity index (χ0n) is 12.8. The minimum Gasteiger partial charge on any atom is -0.497 e. The maximum atomic E-state index is 11.8. The van der Waals surface area contributed by atoms with Crippen molar-refractivity contribution >= 4 is 17.7 Å². The summed E-state index contributed by atoms with van der Waals surface area (Å²) >= 11 is 1.40. The molecule has 0 saturated heterocycles. The molecule has 0 bridgehead atoms. The Hall–Kier alpha value is -2.02. The number of amides is 1. The molecular weight excluding hydrogens is 300 g/mol. The Morgan fingerprint density at radius 3 is 2.82 bits per heavy atom. The summed E-state index contributed by atoms with van der Waals surface area (Å²) in [6.45, 7) is 3.43. The summed E-state index contributed by atoms with van der Waals surface area (Å²) in [4.78, 5) is 11.8. The molecule has 22 heavy (non-hydrogen) atoms. The van der Waals surface area contributed by atoms with Crippen LogP contribution in [0.15, 0.2) is 35.7 Å². The number of carbonyl (C=O) groups is 1. The monoisotopic (exact) mass is 320 g/mol. The summed E-state index contributed by atoms with van der Waals surface area (Å²) in [5.41, 5.74) is 1.17. The summed E-state index contributed by atoms with van der Waals surface area (Å²) in [6, 6.07) is 7.85. The van der Waals surface area contributed by atoms with Gasteiger partial charge < -0.3 is 14.6 Å². The van der Waals surface area contributed by atoms with E-state index in [2.05, 4.69) is 15.5 Å². The van der Waals surface area contributed by atoms with Gasteiger partial charge in [-0.25, -0.2) is 0 Å². The molecule has 0 fully saturated rings. The molecule has 0 aliphatic rings. The smallest absolute Gasteiger partial charge is 0.230 e. The van der Waals surface area contributed by atoms with E-state index in [1.54, 1.807) is 13.4 Å². The molecule has 1 N–H and O–H groups in total. The molecule has 7 heteroatoms. The van der Waals surface area contributed by atoms with Gasteiger partial charge in [-0.15, -0.1) is 10.2 Å². The van der Waals surface area contributed by atoms with Crippen molar-refractivity contribution < 1.29 is 9.53 Å². The number of aryl methyl sites for hydroxylation is 1. The van der Waals surface area contributed by atoms with Crippen LogP contribution in [0, 0.1) is 0 Å². The van der Waals surface area contributed by atoms with Crippen LogP contribution in [0.5, 0.6) is 5.75 Å². The van der Waals surface area contributed by atoms with Crippen LogP contribution in [0.4, 0.5) is 0 Å². The molecule has 1 aromatic carbocycles. The van der Waals surface area contributed by atoms with Crippen LogP contribution in [-0.4, -0.2) is 40.1 Å². The van der Waals surface area contributed by atoms with Gasteiger partial charge in [0.15, 0.2) is 5.16 Å². The number of aromatic nitrogens is 3. The fourth-order valence-corrected chi connectivity index (χ4v) is 2.70. The number of carbonyl (C=O) groups excluding carboxylic acids is 1. The van der Waals surface area contributed by atoms with Crippen LogP contribution in [0.1, 0.15) is 12.5 Å². The van der Waals surface area contributed by atoms with Crippen molar-refractivity contribution in [3.63, 3.8) is 0 Å². The van der Waals surface area contributed by atoms with Gasteiger partial charge in [0.2, 0.25) is 5.91 Å². The van der Waals surface area contributed by atoms with Crippen molar-refractivity contribution in [2.45, 2.75) is 25.0 Å². The van der Waals surface area contributed by atoms with Crippen LogP contribution >= 0.6 is 11.8 Å². The second-order valence-corrected chi connectivity index (χ2v) is 5.58. The number of benzene rings is 1. The molecule has 0 saturated carbocycles. The highest BCUT2D eigenvalue weighted by molar-refractivity contribution is 7.99. The molecule has 0 spiro atoms. The topological polar surface area (TPSA) is 69.0 Å². The third-order valence-corrected chi connectivity index (χ3v) is 4.13. The first-order chi connectivity index (χ1) is 10.7. The summed E-state index contributed by atoms with van der Waals surface area (Å²) in [5, 5.41) is 11.5. The molecule has 0 radical (unpaired) electrons. The average molecular weight is 320 g/mol. The number of thioether (sulfide) groups is 1. The normalized spacial score (nSPS) is 10.5. The van der Waals surface area contributed by atoms with Crippen molar-refractivity contribution in [1.29, 1.82) is 0 Å². The van der Waals surface area contributed by atoms with E-state index in [0.29, 0.717) is 12.3 Å². The maximum Gasteiger partial charge on any atom is 0.230 e. The van der Waals surface area contributed by atoms with Gasteiger partial charge in [-0.1, -0.05) is 23.9 Å². The van der Waals surface area contributed by atoms with E-state index in [9.17, 15) is 4.79 Å². The van der Waals surface area contributed by atoms with Crippen LogP contribution in [0.25, 0.3) is 0 Å². The first-order valence-corrected chi connectivity index (χ1v) is 8.11. The Kier molecular flexibility index (Phi) is 6.27. The summed E-state index contributed by atoms with van der Waals surface area (Å²) in [5.74, 6) is 1.19. The van der Waals surface area contributed by atoms with Crippen LogP contribution < -0.4 is 10.1 Å². The number of hydrogen-bond donors (Lipinski definition) is 1. The van der Waals surface area contributed by atoms with Gasteiger partial charge in [0.25, 0.3) is 0 Å². The van der Waals surface area contributed by atoms with Gasteiger partial charge in [0.05, 0.1) is 12.9 Å². The fourth-order valence-electron chi connectivity index (χ4n) is 1.89. The first kappa shape index (κ1) is 16.4. The van der Waals surface area contributed by atoms with Crippen molar-refractivity contribution in [1.82, 2.24) is 20.1 Å². The van der Waals surface area contributed by atoms with Gasteiger partial charge in [-0.3, -0.25) is 4.79 Å².